The molecule has 6 nitrogen and oxygen atoms in total. The molecule has 3 rings (SSSR count). The summed E-state index contributed by atoms with van der Waals surface area (Å²) >= 11 is 1.35. The van der Waals surface area contributed by atoms with Gasteiger partial charge in [-0.1, -0.05) is 12.1 Å². The van der Waals surface area contributed by atoms with Crippen LogP contribution in [-0.2, 0) is 9.53 Å². The zero-order valence-corrected chi connectivity index (χ0v) is 12.5. The third-order valence-corrected chi connectivity index (χ3v) is 4.39. The van der Waals surface area contributed by atoms with Gasteiger partial charge in [-0.15, -0.1) is 0 Å². The number of morpholine rings is 1. The molecular weight excluding hydrogens is 304 g/mol. The van der Waals surface area contributed by atoms with Crippen LogP contribution in [0.4, 0.5) is 0 Å². The molecule has 114 valence electrons. The van der Waals surface area contributed by atoms with E-state index in [1.807, 2.05) is 4.90 Å². The Hall–Kier alpha value is -2.12. The summed E-state index contributed by atoms with van der Waals surface area (Å²) < 4.78 is 5.29. The van der Waals surface area contributed by atoms with E-state index in [4.69, 9.17) is 9.84 Å². The largest absolute Gasteiger partial charge is 0.478 e. The molecular formula is C15H14N2O4S. The first-order valence-electron chi connectivity index (χ1n) is 6.82. The van der Waals surface area contributed by atoms with Gasteiger partial charge in [0.15, 0.2) is 5.17 Å². The zero-order chi connectivity index (χ0) is 15.5. The van der Waals surface area contributed by atoms with Gasteiger partial charge in [0.1, 0.15) is 0 Å². The topological polar surface area (TPSA) is 79.2 Å². The lowest BCUT2D eigenvalue weighted by molar-refractivity contribution is -0.113. The Morgan fingerprint density at radius 2 is 1.95 bits per heavy atom. The quantitative estimate of drug-likeness (QED) is 0.836. The van der Waals surface area contributed by atoms with Crippen molar-refractivity contribution in [3.63, 3.8) is 0 Å². The molecule has 0 aromatic heterocycles. The fourth-order valence-corrected chi connectivity index (χ4v) is 3.13. The van der Waals surface area contributed by atoms with Gasteiger partial charge in [0.2, 0.25) is 0 Å². The number of thioether (sulfide) groups is 1. The van der Waals surface area contributed by atoms with Crippen LogP contribution in [0.15, 0.2) is 34.2 Å². The predicted octanol–water partition coefficient (Wildman–Crippen LogP) is 1.69. The summed E-state index contributed by atoms with van der Waals surface area (Å²) in [5.41, 5.74) is 0.997. The Kier molecular flexibility index (Phi) is 4.26. The number of carboxylic acid groups (broad SMARTS) is 1. The van der Waals surface area contributed by atoms with Gasteiger partial charge in [-0.25, -0.2) is 4.79 Å². The van der Waals surface area contributed by atoms with E-state index in [9.17, 15) is 9.59 Å². The van der Waals surface area contributed by atoms with Crippen molar-refractivity contribution in [2.24, 2.45) is 4.99 Å². The van der Waals surface area contributed by atoms with E-state index in [0.29, 0.717) is 23.3 Å². The molecule has 7 heteroatoms. The molecule has 1 aromatic rings. The SMILES string of the molecule is O=C1N=C(N2CCOCC2)S/C1=C/c1ccc(C(=O)O)cc1. The minimum atomic E-state index is -0.969. The van der Waals surface area contributed by atoms with Crippen molar-refractivity contribution in [3.8, 4) is 0 Å². The average molecular weight is 318 g/mol. The Morgan fingerprint density at radius 1 is 1.27 bits per heavy atom. The number of hydrogen-bond donors (Lipinski definition) is 1. The maximum atomic E-state index is 12.0. The molecule has 2 aliphatic rings. The van der Waals surface area contributed by atoms with Crippen molar-refractivity contribution in [2.45, 2.75) is 0 Å². The number of amidine groups is 1. The number of nitrogens with zero attached hydrogens (tertiary/aromatic N) is 2. The lowest BCUT2D eigenvalue weighted by Gasteiger charge is -2.27. The molecule has 1 N–H and O–H groups in total. The minimum Gasteiger partial charge on any atom is -0.478 e. The van der Waals surface area contributed by atoms with Crippen LogP contribution < -0.4 is 0 Å². The average Bonchev–Trinajstić information content (AvgIpc) is 2.90. The molecule has 0 radical (unpaired) electrons. The molecule has 0 saturated carbocycles. The lowest BCUT2D eigenvalue weighted by Crippen LogP contribution is -2.38. The number of aliphatic imine (C=N–C) groups is 1. The van der Waals surface area contributed by atoms with E-state index in [1.165, 1.54) is 23.9 Å². The van der Waals surface area contributed by atoms with E-state index in [2.05, 4.69) is 4.99 Å². The van der Waals surface area contributed by atoms with Crippen molar-refractivity contribution in [1.82, 2.24) is 4.90 Å². The molecule has 1 fully saturated rings. The Bertz CT molecular complexity index is 661. The van der Waals surface area contributed by atoms with Gasteiger partial charge in [0, 0.05) is 13.1 Å². The lowest BCUT2D eigenvalue weighted by atomic mass is 10.1. The summed E-state index contributed by atoms with van der Waals surface area (Å²) in [4.78, 5) is 29.5. The Labute approximate surface area is 131 Å². The fourth-order valence-electron chi connectivity index (χ4n) is 2.16. The Balaban J connectivity index is 1.73. The first-order valence-corrected chi connectivity index (χ1v) is 7.64. The summed E-state index contributed by atoms with van der Waals surface area (Å²) in [7, 11) is 0. The van der Waals surface area contributed by atoms with Crippen LogP contribution in [0.5, 0.6) is 0 Å². The molecule has 1 aromatic carbocycles. The highest BCUT2D eigenvalue weighted by Crippen LogP contribution is 2.30. The summed E-state index contributed by atoms with van der Waals surface area (Å²) in [5, 5.41) is 9.58. The molecule has 2 aliphatic heterocycles. The van der Waals surface area contributed by atoms with Crippen LogP contribution in [0.2, 0.25) is 0 Å². The number of amides is 1. The van der Waals surface area contributed by atoms with Crippen LogP contribution in [0.3, 0.4) is 0 Å². The highest BCUT2D eigenvalue weighted by molar-refractivity contribution is 8.18. The number of carboxylic acids is 1. The van der Waals surface area contributed by atoms with E-state index < -0.39 is 5.97 Å². The monoisotopic (exact) mass is 318 g/mol. The van der Waals surface area contributed by atoms with Crippen LogP contribution in [-0.4, -0.2) is 53.4 Å². The molecule has 0 atom stereocenters. The third kappa shape index (κ3) is 3.20. The van der Waals surface area contributed by atoms with Gasteiger partial charge in [-0.05, 0) is 35.5 Å². The molecule has 22 heavy (non-hydrogen) atoms. The molecule has 0 unspecified atom stereocenters. The van der Waals surface area contributed by atoms with Gasteiger partial charge in [0.05, 0.1) is 23.7 Å². The molecule has 0 bridgehead atoms. The number of hydrogen-bond acceptors (Lipinski definition) is 5. The van der Waals surface area contributed by atoms with Crippen molar-refractivity contribution in [2.75, 3.05) is 26.3 Å². The van der Waals surface area contributed by atoms with E-state index in [1.54, 1.807) is 18.2 Å². The highest BCUT2D eigenvalue weighted by Gasteiger charge is 2.27. The number of ether oxygens (including phenoxy) is 1. The summed E-state index contributed by atoms with van der Waals surface area (Å²) in [6.07, 6.45) is 1.73. The van der Waals surface area contributed by atoms with Crippen LogP contribution in [0.25, 0.3) is 6.08 Å². The number of benzene rings is 1. The van der Waals surface area contributed by atoms with E-state index in [0.717, 1.165) is 18.7 Å². The van der Waals surface area contributed by atoms with E-state index >= 15 is 0 Å². The predicted molar refractivity (Wildman–Crippen MR) is 83.8 cm³/mol. The first kappa shape index (κ1) is 14.8. The fraction of sp³-hybridized carbons (Fsp3) is 0.267. The van der Waals surface area contributed by atoms with Crippen molar-refractivity contribution >= 4 is 34.9 Å². The van der Waals surface area contributed by atoms with Crippen LogP contribution in [0.1, 0.15) is 15.9 Å². The third-order valence-electron chi connectivity index (χ3n) is 3.35. The Morgan fingerprint density at radius 3 is 2.59 bits per heavy atom. The summed E-state index contributed by atoms with van der Waals surface area (Å²) in [6.45, 7) is 2.76. The molecule has 2 heterocycles. The minimum absolute atomic E-state index is 0.220. The zero-order valence-electron chi connectivity index (χ0n) is 11.7. The van der Waals surface area contributed by atoms with E-state index in [-0.39, 0.29) is 11.5 Å². The number of aromatic carboxylic acids is 1. The highest BCUT2D eigenvalue weighted by atomic mass is 32.2. The molecule has 0 aliphatic carbocycles. The van der Waals surface area contributed by atoms with Gasteiger partial charge < -0.3 is 14.7 Å². The standard InChI is InChI=1S/C15H14N2O4S/c18-13-12(9-10-1-3-11(4-2-10)14(19)20)22-15(16-13)17-5-7-21-8-6-17/h1-4,9H,5-8H2,(H,19,20)/b12-9+. The van der Waals surface area contributed by atoms with Gasteiger partial charge in [-0.2, -0.15) is 4.99 Å². The second-order valence-electron chi connectivity index (χ2n) is 4.84. The van der Waals surface area contributed by atoms with Crippen molar-refractivity contribution in [1.29, 1.82) is 0 Å². The van der Waals surface area contributed by atoms with Gasteiger partial charge in [-0.3, -0.25) is 4.79 Å². The second-order valence-corrected chi connectivity index (χ2v) is 5.85. The van der Waals surface area contributed by atoms with Gasteiger partial charge >= 0.3 is 5.97 Å². The maximum absolute atomic E-state index is 12.0. The first-order chi connectivity index (χ1) is 10.6. The van der Waals surface area contributed by atoms with Crippen molar-refractivity contribution in [3.05, 3.63) is 40.3 Å². The van der Waals surface area contributed by atoms with Gasteiger partial charge in [0.25, 0.3) is 5.91 Å². The van der Waals surface area contributed by atoms with Crippen molar-refractivity contribution < 1.29 is 19.4 Å². The van der Waals surface area contributed by atoms with Crippen LogP contribution in [0, 0.1) is 0 Å². The second kappa shape index (κ2) is 6.33. The number of rotatable bonds is 2. The number of carbonyl (C=O) groups is 2. The smallest absolute Gasteiger partial charge is 0.335 e. The van der Waals surface area contributed by atoms with Crippen LogP contribution >= 0.6 is 11.8 Å². The molecule has 1 saturated heterocycles. The molecule has 1 amide bonds. The summed E-state index contributed by atoms with van der Waals surface area (Å²) in [6, 6.07) is 6.39. The summed E-state index contributed by atoms with van der Waals surface area (Å²) in [5.74, 6) is -1.22. The molecule has 0 spiro atoms. The maximum Gasteiger partial charge on any atom is 0.335 e. The number of carbonyl (C=O) groups excluding carboxylic acids is 1. The normalized spacial score (nSPS) is 20.4.